The molecule has 1 amide bonds. The molecule has 4 nitrogen and oxygen atoms in total. The lowest BCUT2D eigenvalue weighted by atomic mass is 9.78. The highest BCUT2D eigenvalue weighted by molar-refractivity contribution is 5.69. The molecule has 3 atom stereocenters. The second-order valence-electron chi connectivity index (χ2n) is 8.03. The van der Waals surface area contributed by atoms with E-state index in [1.54, 1.807) is 0 Å². The minimum Gasteiger partial charge on any atom is -0.444 e. The lowest BCUT2D eigenvalue weighted by Crippen LogP contribution is -2.48. The van der Waals surface area contributed by atoms with Gasteiger partial charge in [0.1, 0.15) is 5.60 Å². The number of hydrogen-bond acceptors (Lipinski definition) is 3. The monoisotopic (exact) mass is 268 g/mol. The Morgan fingerprint density at radius 3 is 2.32 bits per heavy atom. The summed E-state index contributed by atoms with van der Waals surface area (Å²) in [6, 6.07) is 0.266. The molecule has 2 saturated heterocycles. The van der Waals surface area contributed by atoms with Crippen LogP contribution >= 0.6 is 0 Å². The molecule has 110 valence electrons. The Labute approximate surface area is 116 Å². The normalized spacial score (nSPS) is 31.5. The van der Waals surface area contributed by atoms with Gasteiger partial charge in [0.2, 0.25) is 0 Å². The zero-order valence-corrected chi connectivity index (χ0v) is 13.1. The van der Waals surface area contributed by atoms with Gasteiger partial charge in [0.25, 0.3) is 0 Å². The van der Waals surface area contributed by atoms with Gasteiger partial charge in [-0.25, -0.2) is 4.79 Å². The van der Waals surface area contributed by atoms with E-state index < -0.39 is 5.60 Å². The average molecular weight is 268 g/mol. The third-order valence-electron chi connectivity index (χ3n) is 4.08. The minimum absolute atomic E-state index is 0.0857. The maximum atomic E-state index is 12.4. The average Bonchev–Trinajstić information content (AvgIpc) is 2.68. The molecule has 2 rings (SSSR count). The van der Waals surface area contributed by atoms with Crippen LogP contribution in [0.25, 0.3) is 0 Å². The van der Waals surface area contributed by atoms with Gasteiger partial charge >= 0.3 is 6.09 Å². The Morgan fingerprint density at radius 2 is 1.79 bits per heavy atom. The molecule has 0 spiro atoms. The van der Waals surface area contributed by atoms with Gasteiger partial charge in [-0.2, -0.15) is 0 Å². The standard InChI is InChI=1S/C15H28N2O2/c1-14(2,3)12-11-8-16-7-10(11)9-17(12)13(18)19-15(4,5)6/h10-12,16H,7-9H2,1-6H3. The SMILES string of the molecule is CC(C)(C)OC(=O)N1CC2CNCC2C1C(C)(C)C. The maximum absolute atomic E-state index is 12.4. The third kappa shape index (κ3) is 3.04. The van der Waals surface area contributed by atoms with Crippen LogP contribution in [-0.2, 0) is 4.74 Å². The van der Waals surface area contributed by atoms with Crippen molar-refractivity contribution in [1.82, 2.24) is 10.2 Å². The van der Waals surface area contributed by atoms with Crippen molar-refractivity contribution < 1.29 is 9.53 Å². The summed E-state index contributed by atoms with van der Waals surface area (Å²) in [5.41, 5.74) is -0.336. The lowest BCUT2D eigenvalue weighted by molar-refractivity contribution is 0.00777. The van der Waals surface area contributed by atoms with Crippen molar-refractivity contribution in [2.24, 2.45) is 17.3 Å². The topological polar surface area (TPSA) is 41.6 Å². The molecule has 2 heterocycles. The van der Waals surface area contributed by atoms with E-state index in [4.69, 9.17) is 4.74 Å². The van der Waals surface area contributed by atoms with Crippen molar-refractivity contribution in [3.05, 3.63) is 0 Å². The summed E-state index contributed by atoms with van der Waals surface area (Å²) >= 11 is 0. The number of fused-ring (bicyclic) bond motifs is 1. The van der Waals surface area contributed by atoms with Gasteiger partial charge in [0.15, 0.2) is 0 Å². The number of rotatable bonds is 0. The predicted molar refractivity (Wildman–Crippen MR) is 76.0 cm³/mol. The molecular weight excluding hydrogens is 240 g/mol. The number of nitrogens with zero attached hydrogens (tertiary/aromatic N) is 1. The van der Waals surface area contributed by atoms with Crippen LogP contribution in [-0.4, -0.2) is 42.3 Å². The van der Waals surface area contributed by atoms with Crippen LogP contribution in [0.5, 0.6) is 0 Å². The zero-order valence-electron chi connectivity index (χ0n) is 13.1. The number of likely N-dealkylation sites (tertiary alicyclic amines) is 1. The van der Waals surface area contributed by atoms with Gasteiger partial charge < -0.3 is 15.0 Å². The second kappa shape index (κ2) is 4.65. The minimum atomic E-state index is -0.421. The third-order valence-corrected chi connectivity index (χ3v) is 4.08. The summed E-state index contributed by atoms with van der Waals surface area (Å²) in [4.78, 5) is 14.4. The van der Waals surface area contributed by atoms with E-state index in [-0.39, 0.29) is 17.6 Å². The molecule has 1 N–H and O–H groups in total. The van der Waals surface area contributed by atoms with Gasteiger partial charge in [-0.15, -0.1) is 0 Å². The molecule has 2 fully saturated rings. The van der Waals surface area contributed by atoms with Crippen LogP contribution in [0.15, 0.2) is 0 Å². The first-order chi connectivity index (χ1) is 8.59. The molecule has 0 aromatic carbocycles. The smallest absolute Gasteiger partial charge is 0.410 e. The predicted octanol–water partition coefficient (Wildman–Crippen LogP) is 2.49. The fraction of sp³-hybridized carbons (Fsp3) is 0.933. The summed E-state index contributed by atoms with van der Waals surface area (Å²) in [5.74, 6) is 1.14. The molecule has 3 unspecified atom stereocenters. The molecule has 0 radical (unpaired) electrons. The van der Waals surface area contributed by atoms with Crippen LogP contribution in [0.1, 0.15) is 41.5 Å². The van der Waals surface area contributed by atoms with Crippen LogP contribution in [0.3, 0.4) is 0 Å². The molecule has 0 aliphatic carbocycles. The van der Waals surface area contributed by atoms with Crippen molar-refractivity contribution in [3.63, 3.8) is 0 Å². The maximum Gasteiger partial charge on any atom is 0.410 e. The Balaban J connectivity index is 2.17. The first-order valence-corrected chi connectivity index (χ1v) is 7.30. The highest BCUT2D eigenvalue weighted by Gasteiger charge is 2.51. The Bertz CT molecular complexity index is 354. The highest BCUT2D eigenvalue weighted by Crippen LogP contribution is 2.42. The quantitative estimate of drug-likeness (QED) is 0.734. The molecule has 19 heavy (non-hydrogen) atoms. The van der Waals surface area contributed by atoms with Gasteiger partial charge in [-0.3, -0.25) is 0 Å². The fourth-order valence-electron chi connectivity index (χ4n) is 3.54. The van der Waals surface area contributed by atoms with E-state index in [1.807, 2.05) is 25.7 Å². The second-order valence-corrected chi connectivity index (χ2v) is 8.03. The fourth-order valence-corrected chi connectivity index (χ4v) is 3.54. The Morgan fingerprint density at radius 1 is 1.16 bits per heavy atom. The van der Waals surface area contributed by atoms with Crippen LogP contribution in [0.4, 0.5) is 4.79 Å². The molecule has 0 bridgehead atoms. The number of carbonyl (C=O) groups excluding carboxylic acids is 1. The van der Waals surface area contributed by atoms with Gasteiger partial charge in [0.05, 0.1) is 0 Å². The lowest BCUT2D eigenvalue weighted by Gasteiger charge is -2.38. The van der Waals surface area contributed by atoms with E-state index in [1.165, 1.54) is 0 Å². The first-order valence-electron chi connectivity index (χ1n) is 7.30. The summed E-state index contributed by atoms with van der Waals surface area (Å²) in [6.45, 7) is 15.3. The van der Waals surface area contributed by atoms with Crippen molar-refractivity contribution in [3.8, 4) is 0 Å². The highest BCUT2D eigenvalue weighted by atomic mass is 16.6. The summed E-state index contributed by atoms with van der Waals surface area (Å²) < 4.78 is 5.58. The van der Waals surface area contributed by atoms with Crippen molar-refractivity contribution in [1.29, 1.82) is 0 Å². The van der Waals surface area contributed by atoms with E-state index in [0.29, 0.717) is 11.8 Å². The Hall–Kier alpha value is -0.770. The largest absolute Gasteiger partial charge is 0.444 e. The van der Waals surface area contributed by atoms with Gasteiger partial charge in [-0.05, 0) is 38.0 Å². The first kappa shape index (κ1) is 14.6. The van der Waals surface area contributed by atoms with E-state index in [2.05, 4.69) is 26.1 Å². The zero-order chi connectivity index (χ0) is 14.4. The number of amides is 1. The Kier molecular flexibility index (Phi) is 3.58. The van der Waals surface area contributed by atoms with Crippen LogP contribution in [0.2, 0.25) is 0 Å². The van der Waals surface area contributed by atoms with Gasteiger partial charge in [0, 0.05) is 25.7 Å². The number of ether oxygens (including phenoxy) is 1. The van der Waals surface area contributed by atoms with Crippen LogP contribution < -0.4 is 5.32 Å². The number of hydrogen-bond donors (Lipinski definition) is 1. The van der Waals surface area contributed by atoms with Gasteiger partial charge in [-0.1, -0.05) is 20.8 Å². The summed E-state index contributed by atoms with van der Waals surface area (Å²) in [5, 5.41) is 3.46. The van der Waals surface area contributed by atoms with Crippen molar-refractivity contribution in [2.75, 3.05) is 19.6 Å². The number of carbonyl (C=O) groups is 1. The molecule has 0 aromatic rings. The van der Waals surface area contributed by atoms with Crippen molar-refractivity contribution >= 4 is 6.09 Å². The summed E-state index contributed by atoms with van der Waals surface area (Å²) in [7, 11) is 0. The molecule has 2 aliphatic rings. The molecular formula is C15H28N2O2. The van der Waals surface area contributed by atoms with Crippen LogP contribution in [0, 0.1) is 17.3 Å². The summed E-state index contributed by atoms with van der Waals surface area (Å²) in [6.07, 6.45) is -0.151. The molecule has 0 saturated carbocycles. The molecule has 2 aliphatic heterocycles. The van der Waals surface area contributed by atoms with E-state index >= 15 is 0 Å². The van der Waals surface area contributed by atoms with E-state index in [0.717, 1.165) is 19.6 Å². The molecule has 4 heteroatoms. The number of nitrogens with one attached hydrogen (secondary N) is 1. The van der Waals surface area contributed by atoms with Crippen molar-refractivity contribution in [2.45, 2.75) is 53.2 Å². The van der Waals surface area contributed by atoms with E-state index in [9.17, 15) is 4.79 Å². The molecule has 0 aromatic heterocycles.